The van der Waals surface area contributed by atoms with E-state index in [9.17, 15) is 18.0 Å². The van der Waals surface area contributed by atoms with Crippen molar-refractivity contribution in [2.45, 2.75) is 17.7 Å². The van der Waals surface area contributed by atoms with E-state index in [0.717, 1.165) is 0 Å². The van der Waals surface area contributed by atoms with Crippen LogP contribution < -0.4 is 20.5 Å². The van der Waals surface area contributed by atoms with E-state index in [1.165, 1.54) is 40.4 Å². The van der Waals surface area contributed by atoms with Gasteiger partial charge in [0.25, 0.3) is 15.6 Å². The summed E-state index contributed by atoms with van der Waals surface area (Å²) in [5.74, 6) is 0.456. The molecule has 12 heteroatoms. The number of carbonyl (C=O) groups excluding carboxylic acids is 1. The quantitative estimate of drug-likeness (QED) is 0.559. The van der Waals surface area contributed by atoms with E-state index in [4.69, 9.17) is 0 Å². The van der Waals surface area contributed by atoms with E-state index in [0.29, 0.717) is 42.6 Å². The molecular weight excluding hydrogens is 452 g/mol. The summed E-state index contributed by atoms with van der Waals surface area (Å²) >= 11 is 1.19. The SMILES string of the molecule is Cn1nc(N2CCC(C(=O)Nc3ccc(S(=O)(=O)Nc4nccs4)cc3)CC2)ccc1=O. The molecule has 1 amide bonds. The van der Waals surface area contributed by atoms with Crippen LogP contribution in [0, 0.1) is 5.92 Å². The van der Waals surface area contributed by atoms with Gasteiger partial charge in [-0.1, -0.05) is 0 Å². The van der Waals surface area contributed by atoms with Crippen molar-refractivity contribution in [3.63, 3.8) is 0 Å². The van der Waals surface area contributed by atoms with Crippen LogP contribution in [0.25, 0.3) is 0 Å². The number of hydrogen-bond donors (Lipinski definition) is 2. The molecule has 32 heavy (non-hydrogen) atoms. The third kappa shape index (κ3) is 4.97. The van der Waals surface area contributed by atoms with Crippen LogP contribution in [0.5, 0.6) is 0 Å². The molecular formula is C20H22N6O4S2. The van der Waals surface area contributed by atoms with Crippen molar-refractivity contribution >= 4 is 43.9 Å². The average molecular weight is 475 g/mol. The van der Waals surface area contributed by atoms with Crippen molar-refractivity contribution < 1.29 is 13.2 Å². The summed E-state index contributed by atoms with van der Waals surface area (Å²) in [4.78, 5) is 30.2. The molecule has 4 rings (SSSR count). The predicted molar refractivity (Wildman–Crippen MR) is 122 cm³/mol. The Morgan fingerprint density at radius 1 is 1.12 bits per heavy atom. The monoisotopic (exact) mass is 474 g/mol. The van der Waals surface area contributed by atoms with E-state index in [2.05, 4.69) is 25.0 Å². The highest BCUT2D eigenvalue weighted by Gasteiger charge is 2.26. The molecule has 2 N–H and O–H groups in total. The van der Waals surface area contributed by atoms with Gasteiger partial charge in [-0.15, -0.1) is 11.3 Å². The van der Waals surface area contributed by atoms with Crippen molar-refractivity contribution in [1.82, 2.24) is 14.8 Å². The predicted octanol–water partition coefficient (Wildman–Crippen LogP) is 1.89. The van der Waals surface area contributed by atoms with Gasteiger partial charge in [-0.3, -0.25) is 14.3 Å². The summed E-state index contributed by atoms with van der Waals surface area (Å²) in [5.41, 5.74) is 0.367. The number of amides is 1. The first kappa shape index (κ1) is 22.0. The van der Waals surface area contributed by atoms with Gasteiger partial charge in [0, 0.05) is 49.4 Å². The van der Waals surface area contributed by atoms with Gasteiger partial charge in [-0.05, 0) is 43.2 Å². The third-order valence-corrected chi connectivity index (χ3v) is 7.39. The lowest BCUT2D eigenvalue weighted by molar-refractivity contribution is -0.120. The molecule has 0 radical (unpaired) electrons. The molecule has 1 saturated heterocycles. The van der Waals surface area contributed by atoms with Crippen molar-refractivity contribution in [3.8, 4) is 0 Å². The maximum absolute atomic E-state index is 12.7. The van der Waals surface area contributed by atoms with Crippen LogP contribution in [-0.2, 0) is 21.9 Å². The molecule has 0 unspecified atom stereocenters. The number of hydrogen-bond acceptors (Lipinski definition) is 8. The summed E-state index contributed by atoms with van der Waals surface area (Å²) in [6, 6.07) is 9.20. The van der Waals surface area contributed by atoms with Crippen LogP contribution in [0.3, 0.4) is 0 Å². The third-order valence-electron chi connectivity index (χ3n) is 5.22. The van der Waals surface area contributed by atoms with Gasteiger partial charge >= 0.3 is 0 Å². The number of thiazole rings is 1. The van der Waals surface area contributed by atoms with Crippen LogP contribution in [0.15, 0.2) is 57.7 Å². The Kier molecular flexibility index (Phi) is 6.24. The minimum atomic E-state index is -3.73. The van der Waals surface area contributed by atoms with Gasteiger partial charge in [-0.2, -0.15) is 5.10 Å². The molecule has 1 aliphatic heterocycles. The van der Waals surface area contributed by atoms with Gasteiger partial charge in [0.1, 0.15) is 5.82 Å². The van der Waals surface area contributed by atoms with Crippen molar-refractivity contribution in [2.75, 3.05) is 28.0 Å². The fourth-order valence-corrected chi connectivity index (χ4v) is 5.23. The van der Waals surface area contributed by atoms with Gasteiger partial charge in [0.15, 0.2) is 5.13 Å². The van der Waals surface area contributed by atoms with Gasteiger partial charge in [0.05, 0.1) is 4.90 Å². The van der Waals surface area contributed by atoms with E-state index in [-0.39, 0.29) is 22.3 Å². The number of piperidine rings is 1. The molecule has 0 aliphatic carbocycles. The second kappa shape index (κ2) is 9.09. The minimum absolute atomic E-state index is 0.0868. The molecule has 0 saturated carbocycles. The highest BCUT2D eigenvalue weighted by Crippen LogP contribution is 2.24. The Balaban J connectivity index is 1.33. The van der Waals surface area contributed by atoms with E-state index in [1.54, 1.807) is 30.6 Å². The van der Waals surface area contributed by atoms with Crippen LogP contribution >= 0.6 is 11.3 Å². The highest BCUT2D eigenvalue weighted by atomic mass is 32.2. The Morgan fingerprint density at radius 3 is 2.47 bits per heavy atom. The van der Waals surface area contributed by atoms with E-state index >= 15 is 0 Å². The largest absolute Gasteiger partial charge is 0.355 e. The Bertz CT molecular complexity index is 1250. The Morgan fingerprint density at radius 2 is 1.84 bits per heavy atom. The van der Waals surface area contributed by atoms with E-state index < -0.39 is 10.0 Å². The van der Waals surface area contributed by atoms with Gasteiger partial charge in [0.2, 0.25) is 5.91 Å². The maximum atomic E-state index is 12.7. The zero-order chi connectivity index (χ0) is 22.7. The van der Waals surface area contributed by atoms with E-state index in [1.807, 2.05) is 0 Å². The summed E-state index contributed by atoms with van der Waals surface area (Å²) in [6.45, 7) is 1.31. The zero-order valence-corrected chi connectivity index (χ0v) is 18.9. The first-order valence-corrected chi connectivity index (χ1v) is 12.3. The molecule has 168 valence electrons. The fraction of sp³-hybridized carbons (Fsp3) is 0.300. The van der Waals surface area contributed by atoms with Crippen molar-refractivity contribution in [1.29, 1.82) is 0 Å². The molecule has 0 atom stereocenters. The normalized spacial score (nSPS) is 14.8. The maximum Gasteiger partial charge on any atom is 0.266 e. The summed E-state index contributed by atoms with van der Waals surface area (Å²) in [5, 5.41) is 9.09. The molecule has 0 bridgehead atoms. The molecule has 3 aromatic rings. The smallest absolute Gasteiger partial charge is 0.266 e. The molecule has 1 aliphatic rings. The summed E-state index contributed by atoms with van der Waals surface area (Å²) in [6.07, 6.45) is 2.82. The second-order valence-corrected chi connectivity index (χ2v) is 9.95. The first-order chi connectivity index (χ1) is 15.3. The lowest BCUT2D eigenvalue weighted by Crippen LogP contribution is -2.39. The van der Waals surface area contributed by atoms with Crippen LogP contribution in [0.4, 0.5) is 16.6 Å². The number of aryl methyl sites for hydroxylation is 1. The summed E-state index contributed by atoms with van der Waals surface area (Å²) in [7, 11) is -2.13. The molecule has 2 aromatic heterocycles. The van der Waals surface area contributed by atoms with Gasteiger partial charge < -0.3 is 10.2 Å². The molecule has 10 nitrogen and oxygen atoms in total. The molecule has 0 spiro atoms. The van der Waals surface area contributed by atoms with Crippen LogP contribution in [0.2, 0.25) is 0 Å². The second-order valence-electron chi connectivity index (χ2n) is 7.37. The summed E-state index contributed by atoms with van der Waals surface area (Å²) < 4.78 is 28.5. The standard InChI is InChI=1S/C20H22N6O4S2/c1-25-18(27)7-6-17(23-25)26-11-8-14(9-12-26)19(28)22-15-2-4-16(5-3-15)32(29,30)24-20-21-10-13-31-20/h2-7,10,13-14H,8-9,11-12H2,1H3,(H,21,24)(H,22,28). The number of anilines is 3. The molecule has 1 fully saturated rings. The fourth-order valence-electron chi connectivity index (χ4n) is 3.44. The Hall–Kier alpha value is -3.25. The number of aromatic nitrogens is 3. The Labute approximate surface area is 189 Å². The number of carbonyl (C=O) groups is 1. The first-order valence-electron chi connectivity index (χ1n) is 9.94. The lowest BCUT2D eigenvalue weighted by Gasteiger charge is -2.32. The zero-order valence-electron chi connectivity index (χ0n) is 17.3. The number of nitrogens with one attached hydrogen (secondary N) is 2. The van der Waals surface area contributed by atoms with Crippen molar-refractivity contribution in [3.05, 3.63) is 58.3 Å². The lowest BCUT2D eigenvalue weighted by atomic mass is 9.96. The molecule has 3 heterocycles. The minimum Gasteiger partial charge on any atom is -0.355 e. The van der Waals surface area contributed by atoms with Crippen LogP contribution in [-0.4, -0.2) is 42.2 Å². The number of nitrogens with zero attached hydrogens (tertiary/aromatic N) is 4. The number of sulfonamides is 1. The number of rotatable bonds is 6. The van der Waals surface area contributed by atoms with Gasteiger partial charge in [-0.25, -0.2) is 18.1 Å². The highest BCUT2D eigenvalue weighted by molar-refractivity contribution is 7.93. The topological polar surface area (TPSA) is 126 Å². The molecule has 1 aromatic carbocycles. The van der Waals surface area contributed by atoms with Crippen molar-refractivity contribution in [2.24, 2.45) is 13.0 Å². The average Bonchev–Trinajstić information content (AvgIpc) is 3.28. The number of benzene rings is 1. The van der Waals surface area contributed by atoms with Crippen LogP contribution in [0.1, 0.15) is 12.8 Å².